The third-order valence-corrected chi connectivity index (χ3v) is 2.81. The molecule has 5 nitrogen and oxygen atoms in total. The SMILES string of the molecule is CCCCC(C)Nc1ccc(-n2cncn2)nc1. The molecular weight excluding hydrogens is 226 g/mol. The normalized spacial score (nSPS) is 12.3. The minimum absolute atomic E-state index is 0.476. The van der Waals surface area contributed by atoms with Gasteiger partial charge in [-0.1, -0.05) is 19.8 Å². The van der Waals surface area contributed by atoms with Crippen LogP contribution in [0.2, 0.25) is 0 Å². The molecule has 0 spiro atoms. The molecule has 0 bridgehead atoms. The van der Waals surface area contributed by atoms with E-state index in [0.717, 1.165) is 11.5 Å². The lowest BCUT2D eigenvalue weighted by Crippen LogP contribution is -2.15. The summed E-state index contributed by atoms with van der Waals surface area (Å²) in [6.45, 7) is 4.40. The standard InChI is InChI=1S/C13H19N5/c1-3-4-5-11(2)17-12-6-7-13(15-8-12)18-10-14-9-16-18/h6-11,17H,3-5H2,1-2H3. The summed E-state index contributed by atoms with van der Waals surface area (Å²) in [6.07, 6.45) is 8.63. The van der Waals surface area contributed by atoms with Crippen LogP contribution in [0.5, 0.6) is 0 Å². The van der Waals surface area contributed by atoms with Gasteiger partial charge >= 0.3 is 0 Å². The number of unbranched alkanes of at least 4 members (excludes halogenated alkanes) is 1. The van der Waals surface area contributed by atoms with Gasteiger partial charge in [-0.15, -0.1) is 0 Å². The van der Waals surface area contributed by atoms with Gasteiger partial charge in [-0.3, -0.25) is 0 Å². The Kier molecular flexibility index (Phi) is 4.28. The Labute approximate surface area is 107 Å². The van der Waals surface area contributed by atoms with Crippen LogP contribution in [-0.4, -0.2) is 25.8 Å². The van der Waals surface area contributed by atoms with Gasteiger partial charge in [0, 0.05) is 6.04 Å². The van der Waals surface area contributed by atoms with Crippen molar-refractivity contribution in [1.29, 1.82) is 0 Å². The highest BCUT2D eigenvalue weighted by Crippen LogP contribution is 2.12. The van der Waals surface area contributed by atoms with Gasteiger partial charge in [0.05, 0.1) is 11.9 Å². The second-order valence-corrected chi connectivity index (χ2v) is 4.43. The van der Waals surface area contributed by atoms with Crippen LogP contribution >= 0.6 is 0 Å². The number of nitrogens with zero attached hydrogens (tertiary/aromatic N) is 4. The maximum Gasteiger partial charge on any atom is 0.155 e. The van der Waals surface area contributed by atoms with Crippen LogP contribution < -0.4 is 5.32 Å². The highest BCUT2D eigenvalue weighted by Gasteiger charge is 2.03. The lowest BCUT2D eigenvalue weighted by Gasteiger charge is -2.14. The fourth-order valence-corrected chi connectivity index (χ4v) is 1.80. The quantitative estimate of drug-likeness (QED) is 0.850. The van der Waals surface area contributed by atoms with Gasteiger partial charge in [-0.25, -0.2) is 14.6 Å². The molecule has 0 aromatic carbocycles. The largest absolute Gasteiger partial charge is 0.381 e. The molecule has 0 aliphatic carbocycles. The minimum atomic E-state index is 0.476. The van der Waals surface area contributed by atoms with E-state index in [9.17, 15) is 0 Å². The Hall–Kier alpha value is -1.91. The third kappa shape index (κ3) is 3.29. The predicted molar refractivity (Wildman–Crippen MR) is 71.8 cm³/mol. The first-order valence-electron chi connectivity index (χ1n) is 6.37. The van der Waals surface area contributed by atoms with Crippen LogP contribution in [0, 0.1) is 0 Å². The second kappa shape index (κ2) is 6.14. The van der Waals surface area contributed by atoms with E-state index in [1.54, 1.807) is 11.0 Å². The van der Waals surface area contributed by atoms with E-state index in [1.807, 2.05) is 18.3 Å². The average Bonchev–Trinajstić information content (AvgIpc) is 2.91. The molecule has 2 aromatic rings. The lowest BCUT2D eigenvalue weighted by atomic mass is 10.1. The Morgan fingerprint density at radius 3 is 2.89 bits per heavy atom. The van der Waals surface area contributed by atoms with E-state index in [4.69, 9.17) is 0 Å². The topological polar surface area (TPSA) is 55.6 Å². The zero-order valence-corrected chi connectivity index (χ0v) is 10.9. The number of anilines is 1. The first-order chi connectivity index (χ1) is 8.79. The molecule has 0 radical (unpaired) electrons. The van der Waals surface area contributed by atoms with Crippen molar-refractivity contribution in [2.45, 2.75) is 39.2 Å². The molecule has 0 aliphatic rings. The number of aromatic nitrogens is 4. The number of hydrogen-bond donors (Lipinski definition) is 1. The zero-order valence-electron chi connectivity index (χ0n) is 10.9. The Morgan fingerprint density at radius 2 is 2.28 bits per heavy atom. The number of hydrogen-bond acceptors (Lipinski definition) is 4. The fraction of sp³-hybridized carbons (Fsp3) is 0.462. The summed E-state index contributed by atoms with van der Waals surface area (Å²) in [6, 6.07) is 4.43. The highest BCUT2D eigenvalue weighted by atomic mass is 15.3. The third-order valence-electron chi connectivity index (χ3n) is 2.81. The molecule has 1 atom stereocenters. The summed E-state index contributed by atoms with van der Waals surface area (Å²) in [4.78, 5) is 8.25. The molecule has 18 heavy (non-hydrogen) atoms. The smallest absolute Gasteiger partial charge is 0.155 e. The van der Waals surface area contributed by atoms with E-state index < -0.39 is 0 Å². The van der Waals surface area contributed by atoms with Gasteiger partial charge in [-0.2, -0.15) is 5.10 Å². The average molecular weight is 245 g/mol. The highest BCUT2D eigenvalue weighted by molar-refractivity contribution is 5.44. The minimum Gasteiger partial charge on any atom is -0.381 e. The fourth-order valence-electron chi connectivity index (χ4n) is 1.80. The Balaban J connectivity index is 1.95. The number of pyridine rings is 1. The maximum absolute atomic E-state index is 4.35. The number of nitrogens with one attached hydrogen (secondary N) is 1. The second-order valence-electron chi connectivity index (χ2n) is 4.43. The van der Waals surface area contributed by atoms with E-state index in [1.165, 1.54) is 25.6 Å². The predicted octanol–water partition coefficient (Wildman–Crippen LogP) is 2.65. The van der Waals surface area contributed by atoms with Crippen LogP contribution in [0.25, 0.3) is 5.82 Å². The molecular formula is C13H19N5. The summed E-state index contributed by atoms with van der Waals surface area (Å²) in [5.74, 6) is 0.777. The van der Waals surface area contributed by atoms with E-state index in [0.29, 0.717) is 6.04 Å². The van der Waals surface area contributed by atoms with Crippen molar-refractivity contribution in [3.8, 4) is 5.82 Å². The van der Waals surface area contributed by atoms with Gasteiger partial charge in [0.2, 0.25) is 0 Å². The van der Waals surface area contributed by atoms with Crippen LogP contribution in [0.15, 0.2) is 31.0 Å². The van der Waals surface area contributed by atoms with E-state index in [-0.39, 0.29) is 0 Å². The zero-order chi connectivity index (χ0) is 12.8. The van der Waals surface area contributed by atoms with Crippen molar-refractivity contribution in [1.82, 2.24) is 19.7 Å². The summed E-state index contributed by atoms with van der Waals surface area (Å²) in [5, 5.41) is 7.48. The Morgan fingerprint density at radius 1 is 1.39 bits per heavy atom. The van der Waals surface area contributed by atoms with Crippen molar-refractivity contribution in [3.63, 3.8) is 0 Å². The molecule has 1 N–H and O–H groups in total. The van der Waals surface area contributed by atoms with Crippen molar-refractivity contribution in [3.05, 3.63) is 31.0 Å². The molecule has 0 aliphatic heterocycles. The molecule has 1 unspecified atom stereocenters. The first-order valence-corrected chi connectivity index (χ1v) is 6.37. The molecule has 0 saturated heterocycles. The van der Waals surface area contributed by atoms with Gasteiger partial charge in [0.25, 0.3) is 0 Å². The van der Waals surface area contributed by atoms with Gasteiger partial charge in [0.1, 0.15) is 12.7 Å². The summed E-state index contributed by atoms with van der Waals surface area (Å²) in [7, 11) is 0. The molecule has 2 aromatic heterocycles. The summed E-state index contributed by atoms with van der Waals surface area (Å²) >= 11 is 0. The van der Waals surface area contributed by atoms with Gasteiger partial charge in [0.15, 0.2) is 5.82 Å². The maximum atomic E-state index is 4.35. The van der Waals surface area contributed by atoms with Gasteiger partial charge < -0.3 is 5.32 Å². The number of rotatable bonds is 6. The van der Waals surface area contributed by atoms with Crippen LogP contribution in [0.1, 0.15) is 33.1 Å². The molecule has 0 fully saturated rings. The van der Waals surface area contributed by atoms with Crippen LogP contribution in [0.4, 0.5) is 5.69 Å². The lowest BCUT2D eigenvalue weighted by molar-refractivity contribution is 0.645. The molecule has 2 rings (SSSR count). The van der Waals surface area contributed by atoms with Crippen molar-refractivity contribution in [2.75, 3.05) is 5.32 Å². The van der Waals surface area contributed by atoms with Gasteiger partial charge in [-0.05, 0) is 25.5 Å². The van der Waals surface area contributed by atoms with Crippen LogP contribution in [-0.2, 0) is 0 Å². The molecule has 5 heteroatoms. The van der Waals surface area contributed by atoms with E-state index >= 15 is 0 Å². The van der Waals surface area contributed by atoms with Crippen molar-refractivity contribution < 1.29 is 0 Å². The monoisotopic (exact) mass is 245 g/mol. The Bertz CT molecular complexity index is 449. The van der Waals surface area contributed by atoms with Crippen LogP contribution in [0.3, 0.4) is 0 Å². The summed E-state index contributed by atoms with van der Waals surface area (Å²) in [5.41, 5.74) is 1.04. The van der Waals surface area contributed by atoms with E-state index in [2.05, 4.69) is 34.2 Å². The molecule has 0 saturated carbocycles. The van der Waals surface area contributed by atoms with Crippen molar-refractivity contribution in [2.24, 2.45) is 0 Å². The molecule has 0 amide bonds. The summed E-state index contributed by atoms with van der Waals surface area (Å²) < 4.78 is 1.64. The first kappa shape index (κ1) is 12.5. The van der Waals surface area contributed by atoms with Crippen molar-refractivity contribution >= 4 is 5.69 Å². The molecule has 2 heterocycles. The molecule has 96 valence electrons.